The molecule has 0 aliphatic rings. The second kappa shape index (κ2) is 8.12. The van der Waals surface area contributed by atoms with Crippen LogP contribution in [0.5, 0.6) is 5.75 Å². The van der Waals surface area contributed by atoms with Crippen molar-refractivity contribution in [3.8, 4) is 5.75 Å². The van der Waals surface area contributed by atoms with Crippen LogP contribution in [-0.4, -0.2) is 19.1 Å². The minimum absolute atomic E-state index is 0.139. The second-order valence-corrected chi connectivity index (χ2v) is 3.75. The zero-order chi connectivity index (χ0) is 13.2. The van der Waals surface area contributed by atoms with Crippen LogP contribution in [0.15, 0.2) is 43.0 Å². The van der Waals surface area contributed by atoms with Gasteiger partial charge >= 0.3 is 0 Å². The first-order valence-corrected chi connectivity index (χ1v) is 6.06. The molecular formula is C15H19NO2. The molecule has 3 heteroatoms. The molecular weight excluding hydrogens is 226 g/mol. The molecule has 1 aromatic rings. The molecule has 0 saturated heterocycles. The number of benzene rings is 1. The summed E-state index contributed by atoms with van der Waals surface area (Å²) in [6.45, 7) is 6.74. The molecule has 1 amide bonds. The van der Waals surface area contributed by atoms with Crippen LogP contribution < -0.4 is 10.1 Å². The molecule has 0 atom stereocenters. The van der Waals surface area contributed by atoms with Crippen molar-refractivity contribution in [1.29, 1.82) is 0 Å². The van der Waals surface area contributed by atoms with Gasteiger partial charge in [-0.1, -0.05) is 31.2 Å². The van der Waals surface area contributed by atoms with E-state index in [1.54, 1.807) is 12.2 Å². The molecule has 18 heavy (non-hydrogen) atoms. The highest BCUT2D eigenvalue weighted by Crippen LogP contribution is 2.19. The number of amides is 1. The Morgan fingerprint density at radius 2 is 2.22 bits per heavy atom. The predicted molar refractivity (Wildman–Crippen MR) is 74.5 cm³/mol. The fourth-order valence-electron chi connectivity index (χ4n) is 1.36. The Labute approximate surface area is 108 Å². The van der Waals surface area contributed by atoms with Gasteiger partial charge in [0.1, 0.15) is 5.75 Å². The Morgan fingerprint density at radius 1 is 1.44 bits per heavy atom. The monoisotopic (exact) mass is 245 g/mol. The van der Waals surface area contributed by atoms with Crippen LogP contribution in [0.25, 0.3) is 6.08 Å². The van der Waals surface area contributed by atoms with E-state index in [1.807, 2.05) is 24.3 Å². The average Bonchev–Trinajstić information content (AvgIpc) is 2.41. The number of carbonyl (C=O) groups is 1. The number of hydrogen-bond acceptors (Lipinski definition) is 2. The van der Waals surface area contributed by atoms with Crippen molar-refractivity contribution in [2.75, 3.05) is 13.2 Å². The number of carbonyl (C=O) groups excluding carboxylic acids is 1. The van der Waals surface area contributed by atoms with Crippen LogP contribution in [0, 0.1) is 0 Å². The van der Waals surface area contributed by atoms with E-state index < -0.39 is 0 Å². The minimum Gasteiger partial charge on any atom is -0.493 e. The van der Waals surface area contributed by atoms with Crippen LogP contribution in [0.2, 0.25) is 0 Å². The summed E-state index contributed by atoms with van der Waals surface area (Å²) in [4.78, 5) is 11.4. The maximum Gasteiger partial charge on any atom is 0.244 e. The molecule has 1 rings (SSSR count). The number of hydrogen-bond donors (Lipinski definition) is 1. The van der Waals surface area contributed by atoms with E-state index in [2.05, 4.69) is 18.8 Å². The molecule has 0 bridgehead atoms. The summed E-state index contributed by atoms with van der Waals surface area (Å²) in [5.74, 6) is 0.660. The summed E-state index contributed by atoms with van der Waals surface area (Å²) in [7, 11) is 0. The van der Waals surface area contributed by atoms with Gasteiger partial charge in [0.25, 0.3) is 0 Å². The SMILES string of the molecule is C=CCNC(=O)/C=C/c1ccccc1OCCC. The van der Waals surface area contributed by atoms with Gasteiger partial charge in [0, 0.05) is 18.2 Å². The van der Waals surface area contributed by atoms with Gasteiger partial charge < -0.3 is 10.1 Å². The minimum atomic E-state index is -0.139. The van der Waals surface area contributed by atoms with Crippen molar-refractivity contribution < 1.29 is 9.53 Å². The van der Waals surface area contributed by atoms with Crippen molar-refractivity contribution in [3.05, 3.63) is 48.6 Å². The van der Waals surface area contributed by atoms with Crippen LogP contribution in [0.3, 0.4) is 0 Å². The van der Waals surface area contributed by atoms with Gasteiger partial charge in [0.05, 0.1) is 6.61 Å². The molecule has 0 unspecified atom stereocenters. The molecule has 96 valence electrons. The highest BCUT2D eigenvalue weighted by Gasteiger charge is 1.99. The molecule has 0 spiro atoms. The number of para-hydroxylation sites is 1. The quantitative estimate of drug-likeness (QED) is 0.592. The molecule has 0 saturated carbocycles. The highest BCUT2D eigenvalue weighted by atomic mass is 16.5. The molecule has 0 fully saturated rings. The van der Waals surface area contributed by atoms with Gasteiger partial charge in [0.2, 0.25) is 5.91 Å². The molecule has 0 aliphatic heterocycles. The van der Waals surface area contributed by atoms with Crippen molar-refractivity contribution in [1.82, 2.24) is 5.32 Å². The number of ether oxygens (including phenoxy) is 1. The first kappa shape index (κ1) is 14.0. The van der Waals surface area contributed by atoms with Crippen LogP contribution in [-0.2, 0) is 4.79 Å². The van der Waals surface area contributed by atoms with Gasteiger partial charge in [-0.05, 0) is 18.6 Å². The van der Waals surface area contributed by atoms with E-state index in [-0.39, 0.29) is 5.91 Å². The topological polar surface area (TPSA) is 38.3 Å². The zero-order valence-electron chi connectivity index (χ0n) is 10.7. The zero-order valence-corrected chi connectivity index (χ0v) is 10.7. The number of nitrogens with one attached hydrogen (secondary N) is 1. The maximum atomic E-state index is 11.4. The lowest BCUT2D eigenvalue weighted by Crippen LogP contribution is -2.20. The Hall–Kier alpha value is -2.03. The Morgan fingerprint density at radius 3 is 2.94 bits per heavy atom. The molecule has 3 nitrogen and oxygen atoms in total. The summed E-state index contributed by atoms with van der Waals surface area (Å²) in [5.41, 5.74) is 0.903. The third-order valence-corrected chi connectivity index (χ3v) is 2.22. The normalized spacial score (nSPS) is 10.3. The molecule has 1 N–H and O–H groups in total. The van der Waals surface area contributed by atoms with Crippen molar-refractivity contribution in [2.45, 2.75) is 13.3 Å². The lowest BCUT2D eigenvalue weighted by atomic mass is 10.2. The Kier molecular flexibility index (Phi) is 6.33. The summed E-state index contributed by atoms with van der Waals surface area (Å²) in [6, 6.07) is 7.65. The third-order valence-electron chi connectivity index (χ3n) is 2.22. The largest absolute Gasteiger partial charge is 0.493 e. The third kappa shape index (κ3) is 4.87. The fourth-order valence-corrected chi connectivity index (χ4v) is 1.36. The van der Waals surface area contributed by atoms with Crippen molar-refractivity contribution in [2.24, 2.45) is 0 Å². The van der Waals surface area contributed by atoms with Crippen LogP contribution >= 0.6 is 0 Å². The highest BCUT2D eigenvalue weighted by molar-refractivity contribution is 5.92. The standard InChI is InChI=1S/C15H19NO2/c1-3-11-16-15(17)10-9-13-7-5-6-8-14(13)18-12-4-2/h3,5-10H,1,4,11-12H2,2H3,(H,16,17)/b10-9+. The van der Waals surface area contributed by atoms with Crippen molar-refractivity contribution in [3.63, 3.8) is 0 Å². The van der Waals surface area contributed by atoms with E-state index in [1.165, 1.54) is 6.08 Å². The maximum absolute atomic E-state index is 11.4. The van der Waals surface area contributed by atoms with Gasteiger partial charge in [-0.25, -0.2) is 0 Å². The van der Waals surface area contributed by atoms with E-state index in [4.69, 9.17) is 4.74 Å². The summed E-state index contributed by atoms with van der Waals surface area (Å²) < 4.78 is 5.60. The predicted octanol–water partition coefficient (Wildman–Crippen LogP) is 2.79. The Balaban J connectivity index is 2.67. The lowest BCUT2D eigenvalue weighted by molar-refractivity contribution is -0.116. The van der Waals surface area contributed by atoms with Gasteiger partial charge in [-0.3, -0.25) is 4.79 Å². The Bertz CT molecular complexity index is 424. The van der Waals surface area contributed by atoms with E-state index in [9.17, 15) is 4.79 Å². The van der Waals surface area contributed by atoms with Gasteiger partial charge in [-0.15, -0.1) is 6.58 Å². The summed E-state index contributed by atoms with van der Waals surface area (Å²) >= 11 is 0. The molecule has 0 heterocycles. The fraction of sp³-hybridized carbons (Fsp3) is 0.267. The lowest BCUT2D eigenvalue weighted by Gasteiger charge is -2.07. The average molecular weight is 245 g/mol. The summed E-state index contributed by atoms with van der Waals surface area (Å²) in [5, 5.41) is 2.68. The second-order valence-electron chi connectivity index (χ2n) is 3.75. The van der Waals surface area contributed by atoms with Gasteiger partial charge in [0.15, 0.2) is 0 Å². The molecule has 0 radical (unpaired) electrons. The molecule has 1 aromatic carbocycles. The van der Waals surface area contributed by atoms with E-state index >= 15 is 0 Å². The van der Waals surface area contributed by atoms with E-state index in [0.29, 0.717) is 13.2 Å². The first-order valence-electron chi connectivity index (χ1n) is 6.06. The van der Waals surface area contributed by atoms with E-state index in [0.717, 1.165) is 17.7 Å². The molecule has 0 aliphatic carbocycles. The van der Waals surface area contributed by atoms with Crippen molar-refractivity contribution >= 4 is 12.0 Å². The summed E-state index contributed by atoms with van der Waals surface area (Å²) in [6.07, 6.45) is 5.85. The van der Waals surface area contributed by atoms with Crippen LogP contribution in [0.1, 0.15) is 18.9 Å². The van der Waals surface area contributed by atoms with Gasteiger partial charge in [-0.2, -0.15) is 0 Å². The molecule has 0 aromatic heterocycles. The first-order chi connectivity index (χ1) is 8.77. The smallest absolute Gasteiger partial charge is 0.244 e. The number of rotatable bonds is 7. The van der Waals surface area contributed by atoms with Crippen LogP contribution in [0.4, 0.5) is 0 Å².